The molecule has 4 rings (SSSR count). The number of hydrogen-bond acceptors (Lipinski definition) is 6. The molecule has 0 fully saturated rings. The highest BCUT2D eigenvalue weighted by Gasteiger charge is 2.37. The van der Waals surface area contributed by atoms with E-state index in [4.69, 9.17) is 18.3 Å². The van der Waals surface area contributed by atoms with Crippen molar-refractivity contribution >= 4 is 0 Å². The van der Waals surface area contributed by atoms with Crippen LogP contribution in [0, 0.1) is 0 Å². The van der Waals surface area contributed by atoms with Crippen molar-refractivity contribution in [2.75, 3.05) is 14.2 Å². The smallest absolute Gasteiger partial charge is 0.128 e. The van der Waals surface area contributed by atoms with Gasteiger partial charge in [0.05, 0.1) is 25.3 Å². The van der Waals surface area contributed by atoms with Crippen LogP contribution in [-0.2, 0) is 9.47 Å². The van der Waals surface area contributed by atoms with Crippen LogP contribution in [0.15, 0.2) is 68.9 Å². The minimum atomic E-state index is -0.0968. The van der Waals surface area contributed by atoms with E-state index in [1.165, 1.54) is 0 Å². The predicted molar refractivity (Wildman–Crippen MR) is 86.7 cm³/mol. The lowest BCUT2D eigenvalue weighted by Crippen LogP contribution is -2.43. The fraction of sp³-hybridized carbons (Fsp3) is 0.333. The second-order valence-electron chi connectivity index (χ2n) is 5.85. The Labute approximate surface area is 140 Å². The second kappa shape index (κ2) is 6.13. The molecule has 2 N–H and O–H groups in total. The van der Waals surface area contributed by atoms with E-state index >= 15 is 0 Å². The van der Waals surface area contributed by atoms with Gasteiger partial charge in [0.25, 0.3) is 0 Å². The second-order valence-corrected chi connectivity index (χ2v) is 5.85. The van der Waals surface area contributed by atoms with Crippen LogP contribution in [0.1, 0.15) is 30.0 Å². The van der Waals surface area contributed by atoms with Gasteiger partial charge in [0.15, 0.2) is 0 Å². The van der Waals surface area contributed by atoms with Gasteiger partial charge in [0.1, 0.15) is 35.5 Å². The maximum absolute atomic E-state index is 5.64. The van der Waals surface area contributed by atoms with Crippen molar-refractivity contribution in [3.8, 4) is 0 Å². The summed E-state index contributed by atoms with van der Waals surface area (Å²) in [5.41, 5.74) is 2.07. The molecule has 2 aromatic heterocycles. The Morgan fingerprint density at radius 3 is 2.21 bits per heavy atom. The van der Waals surface area contributed by atoms with E-state index in [9.17, 15) is 0 Å². The molecule has 0 aromatic carbocycles. The summed E-state index contributed by atoms with van der Waals surface area (Å²) in [4.78, 5) is 0. The van der Waals surface area contributed by atoms with E-state index in [0.29, 0.717) is 6.42 Å². The summed E-state index contributed by atoms with van der Waals surface area (Å²) in [6.45, 7) is 0. The molecule has 0 amide bonds. The molecule has 1 aliphatic carbocycles. The van der Waals surface area contributed by atoms with Crippen LogP contribution in [-0.4, -0.2) is 20.3 Å². The molecule has 0 saturated carbocycles. The van der Waals surface area contributed by atoms with Crippen LogP contribution < -0.4 is 10.6 Å². The van der Waals surface area contributed by atoms with Crippen LogP contribution in [0.4, 0.5) is 0 Å². The van der Waals surface area contributed by atoms with Crippen LogP contribution in [0.5, 0.6) is 0 Å². The lowest BCUT2D eigenvalue weighted by molar-refractivity contribution is 0.0730. The molecule has 3 unspecified atom stereocenters. The van der Waals surface area contributed by atoms with Crippen molar-refractivity contribution in [3.05, 3.63) is 71.5 Å². The molecule has 0 bridgehead atoms. The predicted octanol–water partition coefficient (Wildman–Crippen LogP) is 3.01. The Bertz CT molecular complexity index is 746. The number of allylic oxidation sites excluding steroid dienone is 1. The molecule has 0 radical (unpaired) electrons. The molecule has 1 aliphatic heterocycles. The standard InChI is InChI=1S/C18H20N2O4/c1-21-15-9-11-12(10-16(15)22-2)20-18(14-6-4-8-24-14)17(19-11)13-5-3-7-23-13/h3-9,16-20H,10H2,1-2H3. The third-order valence-electron chi connectivity index (χ3n) is 4.51. The van der Waals surface area contributed by atoms with Crippen molar-refractivity contribution in [2.24, 2.45) is 0 Å². The van der Waals surface area contributed by atoms with E-state index < -0.39 is 0 Å². The van der Waals surface area contributed by atoms with Crippen molar-refractivity contribution in [3.63, 3.8) is 0 Å². The molecule has 2 aliphatic rings. The topological polar surface area (TPSA) is 68.8 Å². The van der Waals surface area contributed by atoms with Crippen molar-refractivity contribution in [1.29, 1.82) is 0 Å². The first kappa shape index (κ1) is 15.0. The summed E-state index contributed by atoms with van der Waals surface area (Å²) in [5, 5.41) is 7.14. The molecule has 3 heterocycles. The number of methoxy groups -OCH3 is 2. The van der Waals surface area contributed by atoms with Crippen molar-refractivity contribution in [2.45, 2.75) is 24.6 Å². The molecule has 6 heteroatoms. The molecule has 0 spiro atoms. The van der Waals surface area contributed by atoms with E-state index in [2.05, 4.69) is 10.6 Å². The molecule has 2 aromatic rings. The van der Waals surface area contributed by atoms with Gasteiger partial charge in [-0.15, -0.1) is 0 Å². The van der Waals surface area contributed by atoms with Gasteiger partial charge in [-0.05, 0) is 24.3 Å². The van der Waals surface area contributed by atoms with E-state index in [1.807, 2.05) is 30.3 Å². The fourth-order valence-electron chi connectivity index (χ4n) is 3.30. The Morgan fingerprint density at radius 1 is 1.00 bits per heavy atom. The van der Waals surface area contributed by atoms with Crippen LogP contribution in [0.2, 0.25) is 0 Å². The Kier molecular flexibility index (Phi) is 3.82. The highest BCUT2D eigenvalue weighted by Crippen LogP contribution is 2.38. The third-order valence-corrected chi connectivity index (χ3v) is 4.51. The van der Waals surface area contributed by atoms with Gasteiger partial charge >= 0.3 is 0 Å². The van der Waals surface area contributed by atoms with Gasteiger partial charge in [0.2, 0.25) is 0 Å². The third kappa shape index (κ3) is 2.49. The van der Waals surface area contributed by atoms with Crippen LogP contribution in [0.25, 0.3) is 0 Å². The van der Waals surface area contributed by atoms with E-state index in [-0.39, 0.29) is 18.2 Å². The summed E-state index contributed by atoms with van der Waals surface area (Å²) in [5.74, 6) is 2.50. The first-order valence-electron chi connectivity index (χ1n) is 7.91. The fourth-order valence-corrected chi connectivity index (χ4v) is 3.30. The highest BCUT2D eigenvalue weighted by molar-refractivity contribution is 5.37. The molecule has 3 atom stereocenters. The van der Waals surface area contributed by atoms with Crippen LogP contribution >= 0.6 is 0 Å². The van der Waals surface area contributed by atoms with Gasteiger partial charge in [-0.1, -0.05) is 0 Å². The largest absolute Gasteiger partial charge is 0.498 e. The van der Waals surface area contributed by atoms with Crippen LogP contribution in [0.3, 0.4) is 0 Å². The summed E-state index contributed by atoms with van der Waals surface area (Å²) < 4.78 is 22.3. The molecule has 0 saturated heterocycles. The lowest BCUT2D eigenvalue weighted by Gasteiger charge is -2.38. The average Bonchev–Trinajstić information content (AvgIpc) is 3.32. The van der Waals surface area contributed by atoms with Gasteiger partial charge in [-0.2, -0.15) is 0 Å². The summed E-state index contributed by atoms with van der Waals surface area (Å²) in [6.07, 6.45) is 5.95. The number of furan rings is 2. The lowest BCUT2D eigenvalue weighted by atomic mass is 9.94. The Balaban J connectivity index is 1.72. The Hall–Kier alpha value is -2.60. The number of nitrogens with one attached hydrogen (secondary N) is 2. The molecular formula is C18H20N2O4. The van der Waals surface area contributed by atoms with E-state index in [0.717, 1.165) is 28.7 Å². The molecule has 6 nitrogen and oxygen atoms in total. The number of ether oxygens (including phenoxy) is 2. The summed E-state index contributed by atoms with van der Waals surface area (Å²) in [7, 11) is 3.35. The zero-order valence-electron chi connectivity index (χ0n) is 13.6. The van der Waals surface area contributed by atoms with Gasteiger partial charge < -0.3 is 28.9 Å². The van der Waals surface area contributed by atoms with Gasteiger partial charge in [-0.25, -0.2) is 0 Å². The first-order valence-corrected chi connectivity index (χ1v) is 7.91. The minimum Gasteiger partial charge on any atom is -0.498 e. The van der Waals surface area contributed by atoms with E-state index in [1.54, 1.807) is 26.7 Å². The zero-order valence-corrected chi connectivity index (χ0v) is 13.6. The quantitative estimate of drug-likeness (QED) is 0.899. The molecular weight excluding hydrogens is 308 g/mol. The minimum absolute atomic E-state index is 0.0695. The average molecular weight is 328 g/mol. The maximum atomic E-state index is 5.64. The number of hydrogen-bond donors (Lipinski definition) is 2. The zero-order chi connectivity index (χ0) is 16.5. The Morgan fingerprint density at radius 2 is 1.67 bits per heavy atom. The maximum Gasteiger partial charge on any atom is 0.128 e. The monoisotopic (exact) mass is 328 g/mol. The van der Waals surface area contributed by atoms with Crippen molar-refractivity contribution < 1.29 is 18.3 Å². The molecule has 24 heavy (non-hydrogen) atoms. The summed E-state index contributed by atoms with van der Waals surface area (Å²) in [6, 6.07) is 7.55. The van der Waals surface area contributed by atoms with Gasteiger partial charge in [0, 0.05) is 25.3 Å². The molecule has 126 valence electrons. The highest BCUT2D eigenvalue weighted by atomic mass is 16.5. The normalized spacial score (nSPS) is 26.2. The van der Waals surface area contributed by atoms with Gasteiger partial charge in [-0.3, -0.25) is 0 Å². The SMILES string of the molecule is COC1=CC2=C(CC1OC)NC(c1ccco1)C(c1ccco1)N2. The summed E-state index contributed by atoms with van der Waals surface area (Å²) >= 11 is 0. The first-order chi connectivity index (χ1) is 11.8. The number of rotatable bonds is 4. The van der Waals surface area contributed by atoms with Crippen molar-refractivity contribution in [1.82, 2.24) is 10.6 Å².